The zero-order chi connectivity index (χ0) is 12.4. The predicted octanol–water partition coefficient (Wildman–Crippen LogP) is 3.79. The smallest absolute Gasteiger partial charge is 0.0614 e. The zero-order valence-corrected chi connectivity index (χ0v) is 11.4. The fourth-order valence-electron chi connectivity index (χ4n) is 2.60. The third kappa shape index (κ3) is 2.86. The molecule has 94 valence electrons. The molecule has 0 saturated carbocycles. The average Bonchev–Trinajstić information content (AvgIpc) is 2.32. The lowest BCUT2D eigenvalue weighted by Gasteiger charge is -2.36. The lowest BCUT2D eigenvalue weighted by atomic mass is 9.86. The monoisotopic (exact) mass is 252 g/mol. The summed E-state index contributed by atoms with van der Waals surface area (Å²) in [4.78, 5) is 2.36. The first-order valence-electron chi connectivity index (χ1n) is 6.38. The van der Waals surface area contributed by atoms with Gasteiger partial charge >= 0.3 is 0 Å². The Kier molecular flexibility index (Phi) is 3.82. The molecule has 3 heteroatoms. The van der Waals surface area contributed by atoms with E-state index in [1.807, 2.05) is 18.2 Å². The first-order chi connectivity index (χ1) is 8.08. The summed E-state index contributed by atoms with van der Waals surface area (Å²) in [5.74, 6) is 1.64. The Balaban J connectivity index is 2.07. The van der Waals surface area contributed by atoms with E-state index in [4.69, 9.17) is 17.3 Å². The molecule has 0 radical (unpaired) electrons. The molecule has 1 aromatic rings. The van der Waals surface area contributed by atoms with E-state index in [9.17, 15) is 0 Å². The van der Waals surface area contributed by atoms with Crippen molar-refractivity contribution < 1.29 is 0 Å². The second-order valence-corrected chi connectivity index (χ2v) is 5.71. The van der Waals surface area contributed by atoms with Crippen molar-refractivity contribution in [2.24, 2.45) is 11.8 Å². The molecule has 2 rings (SSSR count). The predicted molar refractivity (Wildman–Crippen MR) is 75.6 cm³/mol. The van der Waals surface area contributed by atoms with E-state index in [-0.39, 0.29) is 0 Å². The van der Waals surface area contributed by atoms with Crippen LogP contribution in [-0.2, 0) is 0 Å². The van der Waals surface area contributed by atoms with Gasteiger partial charge in [0, 0.05) is 18.1 Å². The highest BCUT2D eigenvalue weighted by Gasteiger charge is 2.22. The van der Waals surface area contributed by atoms with E-state index in [0.29, 0.717) is 0 Å². The molecule has 0 atom stereocenters. The molecule has 1 aliphatic rings. The maximum absolute atomic E-state index is 6.03. The number of hydrogen-bond donors (Lipinski definition) is 1. The number of rotatable bonds is 2. The van der Waals surface area contributed by atoms with Gasteiger partial charge in [-0.15, -0.1) is 0 Å². The Labute approximate surface area is 109 Å². The van der Waals surface area contributed by atoms with Crippen molar-refractivity contribution in [3.8, 4) is 0 Å². The third-order valence-electron chi connectivity index (χ3n) is 3.82. The molecule has 1 heterocycles. The summed E-state index contributed by atoms with van der Waals surface area (Å²) in [6.07, 6.45) is 2.51. The van der Waals surface area contributed by atoms with E-state index in [2.05, 4.69) is 18.7 Å². The fourth-order valence-corrected chi connectivity index (χ4v) is 2.76. The number of nitrogens with two attached hydrogens (primary N) is 1. The maximum Gasteiger partial charge on any atom is 0.0614 e. The minimum absolute atomic E-state index is 0.764. The van der Waals surface area contributed by atoms with Crippen LogP contribution in [0.15, 0.2) is 18.2 Å². The fraction of sp³-hybridized carbons (Fsp3) is 0.571. The highest BCUT2D eigenvalue weighted by molar-refractivity contribution is 6.31. The summed E-state index contributed by atoms with van der Waals surface area (Å²) in [6, 6.07) is 5.72. The number of hydrogen-bond acceptors (Lipinski definition) is 2. The Morgan fingerprint density at radius 2 is 1.94 bits per heavy atom. The Morgan fingerprint density at radius 3 is 2.53 bits per heavy atom. The molecular formula is C14H21ClN2. The van der Waals surface area contributed by atoms with Gasteiger partial charge in [-0.2, -0.15) is 0 Å². The van der Waals surface area contributed by atoms with E-state index >= 15 is 0 Å². The van der Waals surface area contributed by atoms with Gasteiger partial charge < -0.3 is 10.6 Å². The largest absolute Gasteiger partial charge is 0.397 e. The quantitative estimate of drug-likeness (QED) is 0.812. The zero-order valence-electron chi connectivity index (χ0n) is 10.6. The highest BCUT2D eigenvalue weighted by Crippen LogP contribution is 2.32. The van der Waals surface area contributed by atoms with Gasteiger partial charge in [0.05, 0.1) is 11.4 Å². The highest BCUT2D eigenvalue weighted by atomic mass is 35.5. The van der Waals surface area contributed by atoms with Gasteiger partial charge in [0.1, 0.15) is 0 Å². The first kappa shape index (κ1) is 12.6. The molecule has 0 amide bonds. The van der Waals surface area contributed by atoms with Gasteiger partial charge in [-0.05, 0) is 42.9 Å². The average molecular weight is 253 g/mol. The molecule has 2 N–H and O–H groups in total. The van der Waals surface area contributed by atoms with Gasteiger partial charge in [0.2, 0.25) is 0 Å². The van der Waals surface area contributed by atoms with Crippen LogP contribution in [0.25, 0.3) is 0 Å². The summed E-state index contributed by atoms with van der Waals surface area (Å²) in [5, 5.41) is 0.764. The van der Waals surface area contributed by atoms with Crippen LogP contribution in [0.3, 0.4) is 0 Å². The molecule has 0 bridgehead atoms. The first-order valence-corrected chi connectivity index (χ1v) is 6.75. The minimum atomic E-state index is 0.764. The molecular weight excluding hydrogens is 232 g/mol. The number of piperidine rings is 1. The van der Waals surface area contributed by atoms with Crippen molar-refractivity contribution in [3.05, 3.63) is 23.2 Å². The number of anilines is 2. The van der Waals surface area contributed by atoms with Gasteiger partial charge in [-0.25, -0.2) is 0 Å². The van der Waals surface area contributed by atoms with E-state index in [1.54, 1.807) is 0 Å². The molecule has 1 saturated heterocycles. The van der Waals surface area contributed by atoms with Crippen molar-refractivity contribution in [2.45, 2.75) is 26.7 Å². The van der Waals surface area contributed by atoms with Crippen molar-refractivity contribution >= 4 is 23.0 Å². The Bertz CT molecular complexity index is 382. The summed E-state index contributed by atoms with van der Waals surface area (Å²) in [5.41, 5.74) is 7.94. The SMILES string of the molecule is CC(C)C1CCN(c2cc(Cl)ccc2N)CC1. The molecule has 2 nitrogen and oxygen atoms in total. The van der Waals surface area contributed by atoms with Crippen LogP contribution < -0.4 is 10.6 Å². The van der Waals surface area contributed by atoms with Crippen LogP contribution in [0.2, 0.25) is 5.02 Å². The summed E-state index contributed by atoms with van der Waals surface area (Å²) in [6.45, 7) is 6.81. The number of nitrogen functional groups attached to an aromatic ring is 1. The summed E-state index contributed by atoms with van der Waals surface area (Å²) >= 11 is 6.03. The van der Waals surface area contributed by atoms with E-state index in [1.165, 1.54) is 12.8 Å². The second-order valence-electron chi connectivity index (χ2n) is 5.27. The minimum Gasteiger partial charge on any atom is -0.397 e. The molecule has 0 aliphatic carbocycles. The van der Waals surface area contributed by atoms with Crippen LogP contribution >= 0.6 is 11.6 Å². The van der Waals surface area contributed by atoms with Crippen molar-refractivity contribution in [2.75, 3.05) is 23.7 Å². The second kappa shape index (κ2) is 5.18. The molecule has 1 fully saturated rings. The third-order valence-corrected chi connectivity index (χ3v) is 4.05. The topological polar surface area (TPSA) is 29.3 Å². The van der Waals surface area contributed by atoms with Crippen LogP contribution in [-0.4, -0.2) is 13.1 Å². The molecule has 1 aliphatic heterocycles. The van der Waals surface area contributed by atoms with Crippen molar-refractivity contribution in [1.82, 2.24) is 0 Å². The lowest BCUT2D eigenvalue weighted by Crippen LogP contribution is -2.35. The van der Waals surface area contributed by atoms with Crippen LogP contribution in [0.5, 0.6) is 0 Å². The van der Waals surface area contributed by atoms with Crippen molar-refractivity contribution in [3.63, 3.8) is 0 Å². The normalized spacial score (nSPS) is 17.8. The molecule has 0 spiro atoms. The van der Waals surface area contributed by atoms with Crippen LogP contribution in [0.4, 0.5) is 11.4 Å². The molecule has 0 unspecified atom stereocenters. The standard InChI is InChI=1S/C14H21ClN2/c1-10(2)11-5-7-17(8-6-11)14-9-12(15)3-4-13(14)16/h3-4,9-11H,5-8,16H2,1-2H3. The lowest BCUT2D eigenvalue weighted by molar-refractivity contribution is 0.311. The number of halogens is 1. The van der Waals surface area contributed by atoms with E-state index in [0.717, 1.165) is 41.3 Å². The summed E-state index contributed by atoms with van der Waals surface area (Å²) < 4.78 is 0. The van der Waals surface area contributed by atoms with Crippen molar-refractivity contribution in [1.29, 1.82) is 0 Å². The van der Waals surface area contributed by atoms with Gasteiger partial charge in [0.25, 0.3) is 0 Å². The van der Waals surface area contributed by atoms with E-state index < -0.39 is 0 Å². The van der Waals surface area contributed by atoms with Crippen LogP contribution in [0.1, 0.15) is 26.7 Å². The number of nitrogens with zero attached hydrogens (tertiary/aromatic N) is 1. The number of benzene rings is 1. The molecule has 0 aromatic heterocycles. The molecule has 17 heavy (non-hydrogen) atoms. The summed E-state index contributed by atoms with van der Waals surface area (Å²) in [7, 11) is 0. The molecule has 1 aromatic carbocycles. The Morgan fingerprint density at radius 1 is 1.29 bits per heavy atom. The Hall–Kier alpha value is -0.890. The van der Waals surface area contributed by atoms with Gasteiger partial charge in [0.15, 0.2) is 0 Å². The van der Waals surface area contributed by atoms with Gasteiger partial charge in [-0.3, -0.25) is 0 Å². The maximum atomic E-state index is 6.03. The van der Waals surface area contributed by atoms with Gasteiger partial charge in [-0.1, -0.05) is 25.4 Å². The van der Waals surface area contributed by atoms with Crippen LogP contribution in [0, 0.1) is 11.8 Å².